The first kappa shape index (κ1) is 26.1. The smallest absolute Gasteiger partial charge is 0.338 e. The van der Waals surface area contributed by atoms with Crippen LogP contribution in [0.2, 0.25) is 0 Å². The van der Waals surface area contributed by atoms with Gasteiger partial charge < -0.3 is 18.9 Å². The summed E-state index contributed by atoms with van der Waals surface area (Å²) in [5.74, 6) is 0.183. The fourth-order valence-electron chi connectivity index (χ4n) is 4.99. The van der Waals surface area contributed by atoms with Gasteiger partial charge in [0, 0.05) is 16.3 Å². The number of aromatic nitrogens is 1. The summed E-state index contributed by atoms with van der Waals surface area (Å²) >= 11 is 0. The molecule has 0 amide bonds. The second-order valence-corrected chi connectivity index (χ2v) is 10.9. The minimum Gasteiger partial charge on any atom is -0.497 e. The van der Waals surface area contributed by atoms with Gasteiger partial charge in [0.1, 0.15) is 5.75 Å². The van der Waals surface area contributed by atoms with Gasteiger partial charge >= 0.3 is 5.97 Å². The Morgan fingerprint density at radius 3 is 2.34 bits per heavy atom. The average Bonchev–Trinajstić information content (AvgIpc) is 3.57. The second kappa shape index (κ2) is 9.82. The SMILES string of the molecule is CCOC(=O)c1cc2c3cc(OC)ccc3n(S(=O)(=O)c3ccccc3)c2cc1-c1cc2c(cc1[N+](=O)[O-])OCO2. The predicted molar refractivity (Wildman–Crippen MR) is 149 cm³/mol. The number of carbonyl (C=O) groups is 1. The molecule has 2 heterocycles. The van der Waals surface area contributed by atoms with E-state index in [9.17, 15) is 23.3 Å². The van der Waals surface area contributed by atoms with E-state index in [0.29, 0.717) is 22.0 Å². The number of ether oxygens (including phenoxy) is 4. The third-order valence-corrected chi connectivity index (χ3v) is 8.56. The molecule has 6 rings (SSSR count). The molecule has 0 unspecified atom stereocenters. The number of rotatable bonds is 7. The molecule has 0 saturated carbocycles. The highest BCUT2D eigenvalue weighted by molar-refractivity contribution is 7.90. The monoisotopic (exact) mass is 574 g/mol. The first-order valence-electron chi connectivity index (χ1n) is 12.5. The topological polar surface area (TPSA) is 136 Å². The largest absolute Gasteiger partial charge is 0.497 e. The molecule has 0 aliphatic carbocycles. The van der Waals surface area contributed by atoms with Crippen LogP contribution in [0.4, 0.5) is 5.69 Å². The van der Waals surface area contributed by atoms with E-state index in [1.54, 1.807) is 43.3 Å². The molecule has 1 aromatic heterocycles. The van der Waals surface area contributed by atoms with Gasteiger partial charge in [-0.1, -0.05) is 18.2 Å². The molecule has 11 nitrogen and oxygen atoms in total. The Morgan fingerprint density at radius 1 is 0.951 bits per heavy atom. The van der Waals surface area contributed by atoms with Gasteiger partial charge in [0.25, 0.3) is 15.7 Å². The Bertz CT molecular complexity index is 1980. The molecule has 5 aromatic rings. The maximum atomic E-state index is 14.1. The fourth-order valence-corrected chi connectivity index (χ4v) is 6.53. The van der Waals surface area contributed by atoms with Gasteiger partial charge in [-0.25, -0.2) is 17.2 Å². The van der Waals surface area contributed by atoms with Crippen LogP contribution in [-0.2, 0) is 14.8 Å². The summed E-state index contributed by atoms with van der Waals surface area (Å²) in [6.45, 7) is 1.57. The van der Waals surface area contributed by atoms with Crippen molar-refractivity contribution in [3.63, 3.8) is 0 Å². The fraction of sp³-hybridized carbons (Fsp3) is 0.138. The molecule has 1 aliphatic rings. The number of fused-ring (bicyclic) bond motifs is 4. The van der Waals surface area contributed by atoms with Crippen LogP contribution in [0.15, 0.2) is 77.7 Å². The number of hydrogen-bond donors (Lipinski definition) is 0. The van der Waals surface area contributed by atoms with Crippen LogP contribution in [0.3, 0.4) is 0 Å². The quantitative estimate of drug-likeness (QED) is 0.140. The highest BCUT2D eigenvalue weighted by Crippen LogP contribution is 2.45. The number of nitro benzene ring substituents is 1. The summed E-state index contributed by atoms with van der Waals surface area (Å²) in [6, 6.07) is 18.4. The highest BCUT2D eigenvalue weighted by Gasteiger charge is 2.30. The van der Waals surface area contributed by atoms with Crippen molar-refractivity contribution in [2.75, 3.05) is 20.5 Å². The Balaban J connectivity index is 1.77. The average molecular weight is 575 g/mol. The van der Waals surface area contributed by atoms with Crippen molar-refractivity contribution in [1.82, 2.24) is 3.97 Å². The lowest BCUT2D eigenvalue weighted by Crippen LogP contribution is -2.13. The molecule has 0 spiro atoms. The lowest BCUT2D eigenvalue weighted by Gasteiger charge is -2.13. The summed E-state index contributed by atoms with van der Waals surface area (Å²) in [4.78, 5) is 24.9. The predicted octanol–water partition coefficient (Wildman–Crippen LogP) is 5.52. The van der Waals surface area contributed by atoms with E-state index in [1.807, 2.05) is 0 Å². The maximum Gasteiger partial charge on any atom is 0.338 e. The van der Waals surface area contributed by atoms with E-state index >= 15 is 0 Å². The van der Waals surface area contributed by atoms with Crippen molar-refractivity contribution in [1.29, 1.82) is 0 Å². The van der Waals surface area contributed by atoms with Crippen LogP contribution in [-0.4, -0.2) is 43.8 Å². The van der Waals surface area contributed by atoms with E-state index in [0.717, 1.165) is 0 Å². The van der Waals surface area contributed by atoms with E-state index in [2.05, 4.69) is 0 Å². The minimum absolute atomic E-state index is 0.0142. The molecule has 0 bridgehead atoms. The van der Waals surface area contributed by atoms with Gasteiger partial charge in [0.05, 0.1) is 51.8 Å². The number of nitro groups is 1. The first-order valence-corrected chi connectivity index (χ1v) is 13.9. The van der Waals surface area contributed by atoms with Crippen molar-refractivity contribution >= 4 is 43.5 Å². The molecule has 1 aliphatic heterocycles. The van der Waals surface area contributed by atoms with E-state index < -0.39 is 20.9 Å². The number of benzene rings is 4. The van der Waals surface area contributed by atoms with Crippen LogP contribution >= 0.6 is 0 Å². The zero-order valence-corrected chi connectivity index (χ0v) is 22.6. The van der Waals surface area contributed by atoms with Crippen molar-refractivity contribution in [2.24, 2.45) is 0 Å². The highest BCUT2D eigenvalue weighted by atomic mass is 32.2. The second-order valence-electron chi connectivity index (χ2n) is 9.08. The minimum atomic E-state index is -4.17. The zero-order chi connectivity index (χ0) is 28.9. The van der Waals surface area contributed by atoms with Gasteiger partial charge in [0.2, 0.25) is 6.79 Å². The number of hydrogen-bond acceptors (Lipinski definition) is 9. The van der Waals surface area contributed by atoms with Crippen molar-refractivity contribution in [3.05, 3.63) is 88.5 Å². The molecule has 41 heavy (non-hydrogen) atoms. The van der Waals surface area contributed by atoms with Gasteiger partial charge in [-0.2, -0.15) is 0 Å². The maximum absolute atomic E-state index is 14.1. The number of methoxy groups -OCH3 is 1. The molecule has 0 fully saturated rings. The van der Waals surface area contributed by atoms with Crippen molar-refractivity contribution < 1.29 is 37.1 Å². The van der Waals surface area contributed by atoms with Gasteiger partial charge in [-0.15, -0.1) is 0 Å². The molecular formula is C29H22N2O9S. The van der Waals surface area contributed by atoms with Crippen LogP contribution in [0.1, 0.15) is 17.3 Å². The lowest BCUT2D eigenvalue weighted by atomic mass is 9.95. The summed E-state index contributed by atoms with van der Waals surface area (Å²) < 4.78 is 50.8. The van der Waals surface area contributed by atoms with Crippen LogP contribution in [0.25, 0.3) is 32.9 Å². The van der Waals surface area contributed by atoms with E-state index in [1.165, 1.54) is 47.5 Å². The zero-order valence-electron chi connectivity index (χ0n) is 21.8. The molecule has 0 saturated heterocycles. The summed E-state index contributed by atoms with van der Waals surface area (Å²) in [5, 5.41) is 13.1. The molecule has 208 valence electrons. The Morgan fingerprint density at radius 2 is 1.66 bits per heavy atom. The standard InChI is InChI=1S/C29H22N2O9S/c1-3-38-29(32)23-12-21-20-11-17(37-2)9-10-24(20)30(41(35,36)18-7-5-4-6-8-18)25(21)13-19(23)22-14-27-28(40-16-39-27)15-26(22)31(33)34/h4-15H,3,16H2,1-2H3. The van der Waals surface area contributed by atoms with Gasteiger partial charge in [0.15, 0.2) is 11.5 Å². The molecule has 12 heteroatoms. The number of nitrogens with zero attached hydrogens (tertiary/aromatic N) is 2. The molecular weight excluding hydrogens is 552 g/mol. The van der Waals surface area contributed by atoms with Crippen molar-refractivity contribution in [3.8, 4) is 28.4 Å². The lowest BCUT2D eigenvalue weighted by molar-refractivity contribution is -0.384. The molecule has 0 N–H and O–H groups in total. The van der Waals surface area contributed by atoms with Crippen LogP contribution < -0.4 is 14.2 Å². The summed E-state index contributed by atoms with van der Waals surface area (Å²) in [6.07, 6.45) is 0. The van der Waals surface area contributed by atoms with Crippen molar-refractivity contribution in [2.45, 2.75) is 11.8 Å². The molecule has 0 radical (unpaired) electrons. The molecule has 4 aromatic carbocycles. The Kier molecular flexibility index (Phi) is 6.26. The van der Waals surface area contributed by atoms with E-state index in [-0.39, 0.29) is 57.7 Å². The normalized spacial score (nSPS) is 12.5. The van der Waals surface area contributed by atoms with Crippen LogP contribution in [0.5, 0.6) is 17.2 Å². The summed E-state index contributed by atoms with van der Waals surface area (Å²) in [7, 11) is -2.68. The Hall–Kier alpha value is -5.10. The van der Waals surface area contributed by atoms with Crippen LogP contribution in [0, 0.1) is 10.1 Å². The van der Waals surface area contributed by atoms with Gasteiger partial charge in [-0.05, 0) is 55.5 Å². The third kappa shape index (κ3) is 4.19. The Labute approximate surface area is 233 Å². The first-order chi connectivity index (χ1) is 19.7. The van der Waals surface area contributed by atoms with Gasteiger partial charge in [-0.3, -0.25) is 10.1 Å². The summed E-state index contributed by atoms with van der Waals surface area (Å²) in [5.41, 5.74) is 0.328. The number of carbonyl (C=O) groups excluding carboxylic acids is 1. The molecule has 0 atom stereocenters. The third-order valence-electron chi connectivity index (χ3n) is 6.82. The van der Waals surface area contributed by atoms with E-state index in [4.69, 9.17) is 18.9 Å². The number of esters is 1.